The predicted octanol–water partition coefficient (Wildman–Crippen LogP) is 24.6. The van der Waals surface area contributed by atoms with Crippen LogP contribution in [0, 0.1) is 0 Å². The Labute approximate surface area is 654 Å². The Hall–Kier alpha value is -5.58. The van der Waals surface area contributed by atoms with Crippen LogP contribution < -0.4 is 0 Å². The highest BCUT2D eigenvalue weighted by Gasteiger charge is 2.30. The van der Waals surface area contributed by atoms with Crippen molar-refractivity contribution < 1.29 is 80.2 Å². The first kappa shape index (κ1) is 102. The third kappa shape index (κ3) is 78.5. The number of phosphoric ester groups is 2. The van der Waals surface area contributed by atoms with Crippen LogP contribution in [0.3, 0.4) is 0 Å². The van der Waals surface area contributed by atoms with Crippen LogP contribution in [0.1, 0.15) is 310 Å². The Morgan fingerprint density at radius 3 is 0.694 bits per heavy atom. The first-order valence-electron chi connectivity index (χ1n) is 41.4. The van der Waals surface area contributed by atoms with Crippen molar-refractivity contribution in [2.24, 2.45) is 0 Å². The Balaban J connectivity index is 5.42. The Morgan fingerprint density at radius 2 is 0.454 bits per heavy atom. The average molecular weight is 1550 g/mol. The van der Waals surface area contributed by atoms with E-state index in [0.717, 1.165) is 231 Å². The van der Waals surface area contributed by atoms with Gasteiger partial charge in [0.05, 0.1) is 26.4 Å². The molecule has 0 bridgehead atoms. The molecule has 19 heteroatoms. The highest BCUT2D eigenvalue weighted by atomic mass is 31.2. The topological polar surface area (TPSA) is 237 Å². The molecule has 0 aromatic rings. The summed E-state index contributed by atoms with van der Waals surface area (Å²) in [6, 6.07) is 0. The molecule has 0 radical (unpaired) electrons. The van der Waals surface area contributed by atoms with Crippen molar-refractivity contribution in [2.45, 2.75) is 329 Å². The number of unbranched alkanes of at least 4 members (excludes halogenated alkanes) is 22. The van der Waals surface area contributed by atoms with Crippen LogP contribution >= 0.6 is 15.6 Å². The number of hydrogen-bond donors (Lipinski definition) is 3. The quantitative estimate of drug-likeness (QED) is 0.0169. The minimum atomic E-state index is -5.00. The molecule has 0 saturated carbocycles. The van der Waals surface area contributed by atoms with E-state index in [0.29, 0.717) is 25.7 Å². The summed E-state index contributed by atoms with van der Waals surface area (Å²) in [6.45, 7) is 4.36. The van der Waals surface area contributed by atoms with E-state index >= 15 is 0 Å². The third-order valence-corrected chi connectivity index (χ3v) is 18.6. The fourth-order valence-electron chi connectivity index (χ4n) is 10.5. The maximum atomic E-state index is 13.1. The van der Waals surface area contributed by atoms with Crippen LogP contribution in [0.5, 0.6) is 0 Å². The lowest BCUT2D eigenvalue weighted by molar-refractivity contribution is -0.161. The van der Waals surface area contributed by atoms with E-state index in [-0.39, 0.29) is 25.7 Å². The number of esters is 4. The van der Waals surface area contributed by atoms with Gasteiger partial charge in [0.2, 0.25) is 0 Å². The van der Waals surface area contributed by atoms with Gasteiger partial charge in [-0.1, -0.05) is 288 Å². The lowest BCUT2D eigenvalue weighted by Crippen LogP contribution is -2.30. The maximum Gasteiger partial charge on any atom is 0.472 e. The molecule has 4 unspecified atom stereocenters. The predicted molar refractivity (Wildman–Crippen MR) is 445 cm³/mol. The molecule has 0 amide bonds. The second-order valence-corrected chi connectivity index (χ2v) is 29.8. The number of phosphoric acid groups is 2. The lowest BCUT2D eigenvalue weighted by atomic mass is 10.1. The van der Waals surface area contributed by atoms with Gasteiger partial charge in [-0.25, -0.2) is 9.13 Å². The molecule has 0 aromatic heterocycles. The van der Waals surface area contributed by atoms with Gasteiger partial charge in [0, 0.05) is 25.7 Å². The van der Waals surface area contributed by atoms with Crippen LogP contribution in [-0.2, 0) is 65.4 Å². The number of aliphatic hydroxyl groups is 1. The van der Waals surface area contributed by atoms with Crippen LogP contribution in [-0.4, -0.2) is 96.7 Å². The molecule has 108 heavy (non-hydrogen) atoms. The summed E-state index contributed by atoms with van der Waals surface area (Å²) in [5.41, 5.74) is 0. The van der Waals surface area contributed by atoms with Gasteiger partial charge in [-0.05, 0) is 167 Å². The van der Waals surface area contributed by atoms with Gasteiger partial charge in [0.15, 0.2) is 12.2 Å². The Bertz CT molecular complexity index is 2530. The molecule has 0 aliphatic heterocycles. The molecular weight excluding hydrogens is 1400 g/mol. The van der Waals surface area contributed by atoms with E-state index in [2.05, 4.69) is 198 Å². The standard InChI is InChI=1S/C89H146O17P2/c1-5-9-13-17-21-25-29-33-37-39-41-43-47-49-53-57-61-65-69-73-86(91)99-79-84(105-88(93)75-71-67-63-59-55-51-45-35-31-27-23-19-15-11-7-3)81-103-107(95,96)101-77-83(90)78-102-108(97,98)104-82-85(106-89(94)76-72-68-64-60-56-52-46-36-32-28-24-20-16-12-8-4)80-100-87(92)74-70-66-62-58-54-50-48-44-42-40-38-34-30-26-22-18-14-10-6-2/h9-16,21-28,33-38,41-46,83-85,90H,5-8,17-20,29-32,39-40,47-82H2,1-4H3,(H,95,96)(H,97,98)/b13-9-,14-10-,15-11-,16-12-,25-21-,26-22-,27-23-,28-24-,37-33-,38-34-,43-41-,44-42-,45-35-,46-36-. The van der Waals surface area contributed by atoms with E-state index in [4.69, 9.17) is 37.0 Å². The number of aliphatic hydroxyl groups excluding tert-OH is 1. The number of rotatable bonds is 76. The van der Waals surface area contributed by atoms with Crippen molar-refractivity contribution in [2.75, 3.05) is 39.6 Å². The average Bonchev–Trinajstić information content (AvgIpc) is 0.923. The van der Waals surface area contributed by atoms with Crippen molar-refractivity contribution >= 4 is 39.5 Å². The van der Waals surface area contributed by atoms with Crippen molar-refractivity contribution in [3.63, 3.8) is 0 Å². The molecule has 0 fully saturated rings. The molecule has 0 aromatic carbocycles. The van der Waals surface area contributed by atoms with Crippen LogP contribution in [0.4, 0.5) is 0 Å². The molecule has 614 valence electrons. The van der Waals surface area contributed by atoms with Gasteiger partial charge in [-0.15, -0.1) is 0 Å². The minimum absolute atomic E-state index is 0.0661. The first-order valence-corrected chi connectivity index (χ1v) is 44.4. The van der Waals surface area contributed by atoms with E-state index < -0.39 is 97.5 Å². The summed E-state index contributed by atoms with van der Waals surface area (Å²) in [4.78, 5) is 73.2. The molecule has 0 aliphatic rings. The molecule has 0 heterocycles. The maximum absolute atomic E-state index is 13.1. The summed E-state index contributed by atoms with van der Waals surface area (Å²) < 4.78 is 68.7. The van der Waals surface area contributed by atoms with E-state index in [1.54, 1.807) is 0 Å². The zero-order chi connectivity index (χ0) is 78.9. The summed E-state index contributed by atoms with van der Waals surface area (Å²) in [5.74, 6) is -2.25. The second-order valence-electron chi connectivity index (χ2n) is 26.9. The number of carbonyl (C=O) groups is 4. The van der Waals surface area contributed by atoms with Gasteiger partial charge in [0.1, 0.15) is 19.3 Å². The largest absolute Gasteiger partial charge is 0.472 e. The van der Waals surface area contributed by atoms with Gasteiger partial charge >= 0.3 is 39.5 Å². The Morgan fingerprint density at radius 1 is 0.259 bits per heavy atom. The van der Waals surface area contributed by atoms with Gasteiger partial charge < -0.3 is 33.8 Å². The van der Waals surface area contributed by atoms with E-state index in [1.165, 1.54) is 0 Å². The molecule has 3 N–H and O–H groups in total. The monoisotopic (exact) mass is 1550 g/mol. The molecular formula is C89H146O17P2. The fraction of sp³-hybridized carbons (Fsp3) is 0.640. The molecule has 4 atom stereocenters. The van der Waals surface area contributed by atoms with E-state index in [9.17, 15) is 43.2 Å². The smallest absolute Gasteiger partial charge is 0.462 e. The van der Waals surface area contributed by atoms with Crippen LogP contribution in [0.15, 0.2) is 170 Å². The summed E-state index contributed by atoms with van der Waals surface area (Å²) in [6.07, 6.45) is 94.6. The van der Waals surface area contributed by atoms with Crippen molar-refractivity contribution in [3.8, 4) is 0 Å². The molecule has 0 saturated heterocycles. The van der Waals surface area contributed by atoms with Gasteiger partial charge in [-0.2, -0.15) is 0 Å². The normalized spacial score (nSPS) is 14.7. The SMILES string of the molecule is CC/C=C\C/C=C\C/C=C\C/C=C\CCCCCCCCC(=O)OCC(COP(=O)(O)OCC(O)COP(=O)(O)OCC(COC(=O)CCCCCCCC/C=C\C/C=C\C/C=C\C/C=C\CC)OC(=O)CCCCCCC/C=C\C/C=C\C/C=C\CC)OC(=O)CCCCCCC/C=C\C/C=C\C/C=C\CC. The number of allylic oxidation sites excluding steroid dienone is 28. The zero-order valence-corrected chi connectivity index (χ0v) is 69.0. The molecule has 0 aliphatic carbocycles. The van der Waals surface area contributed by atoms with Crippen molar-refractivity contribution in [1.82, 2.24) is 0 Å². The van der Waals surface area contributed by atoms with Gasteiger partial charge in [-0.3, -0.25) is 37.3 Å². The highest BCUT2D eigenvalue weighted by Crippen LogP contribution is 2.45. The zero-order valence-electron chi connectivity index (χ0n) is 67.2. The third-order valence-electron chi connectivity index (χ3n) is 16.7. The van der Waals surface area contributed by atoms with Gasteiger partial charge in [0.25, 0.3) is 0 Å². The highest BCUT2D eigenvalue weighted by molar-refractivity contribution is 7.47. The molecule has 0 rings (SSSR count). The van der Waals surface area contributed by atoms with E-state index in [1.807, 2.05) is 0 Å². The van der Waals surface area contributed by atoms with Crippen LogP contribution in [0.2, 0.25) is 0 Å². The second kappa shape index (κ2) is 79.5. The first-order chi connectivity index (χ1) is 52.7. The number of ether oxygens (including phenoxy) is 4. The molecule has 0 spiro atoms. The summed E-state index contributed by atoms with van der Waals surface area (Å²) in [5, 5.41) is 10.7. The fourth-order valence-corrected chi connectivity index (χ4v) is 12.1. The van der Waals surface area contributed by atoms with Crippen molar-refractivity contribution in [1.29, 1.82) is 0 Å². The number of hydrogen-bond acceptors (Lipinski definition) is 15. The molecule has 17 nitrogen and oxygen atoms in total. The Kier molecular flexibility index (Phi) is 75.4. The summed E-state index contributed by atoms with van der Waals surface area (Å²) >= 11 is 0. The number of carbonyl (C=O) groups excluding carboxylic acids is 4. The minimum Gasteiger partial charge on any atom is -0.462 e. The lowest BCUT2D eigenvalue weighted by Gasteiger charge is -2.21. The van der Waals surface area contributed by atoms with Crippen molar-refractivity contribution in [3.05, 3.63) is 170 Å². The van der Waals surface area contributed by atoms with Crippen LogP contribution in [0.25, 0.3) is 0 Å². The summed E-state index contributed by atoms with van der Waals surface area (Å²) in [7, 11) is -9.99.